The topological polar surface area (TPSA) is 114 Å². The number of hydrogen-bond donors (Lipinski definition) is 1. The number of phosphoric acid groups is 1. The fourth-order valence-electron chi connectivity index (χ4n) is 10.2. The van der Waals surface area contributed by atoms with Gasteiger partial charge in [0.1, 0.15) is 19.3 Å². The largest absolute Gasteiger partial charge is 0.756 e. The lowest BCUT2D eigenvalue weighted by molar-refractivity contribution is -0.870. The number of likely N-dealkylation sites (N-methyl/N-ethyl adjacent to an activating group) is 1. The Balaban J connectivity index is 5.01. The number of carbonyl (C=O) groups is 2. The molecule has 1 N–H and O–H groups in total. The number of esters is 1. The van der Waals surface area contributed by atoms with E-state index < -0.39 is 20.0 Å². The molecule has 0 radical (unpaired) electrons. The molecular formula is C70H133N2O7P. The second-order valence-electron chi connectivity index (χ2n) is 24.7. The summed E-state index contributed by atoms with van der Waals surface area (Å²) in [7, 11) is 1.20. The van der Waals surface area contributed by atoms with Crippen LogP contribution in [0.15, 0.2) is 48.6 Å². The van der Waals surface area contributed by atoms with E-state index in [1.165, 1.54) is 231 Å². The van der Waals surface area contributed by atoms with Crippen molar-refractivity contribution in [2.24, 2.45) is 0 Å². The fraction of sp³-hybridized carbons (Fsp3) is 0.857. The Bertz CT molecular complexity index is 1510. The number of nitrogens with one attached hydrogen (secondary N) is 1. The van der Waals surface area contributed by atoms with Crippen molar-refractivity contribution < 1.29 is 37.3 Å². The Hall–Kier alpha value is -2.03. The number of amides is 1. The van der Waals surface area contributed by atoms with Crippen molar-refractivity contribution in [3.8, 4) is 0 Å². The first kappa shape index (κ1) is 78.0. The minimum atomic E-state index is -4.70. The Morgan fingerprint density at radius 1 is 0.438 bits per heavy atom. The van der Waals surface area contributed by atoms with E-state index in [0.29, 0.717) is 17.4 Å². The second kappa shape index (κ2) is 60.1. The van der Waals surface area contributed by atoms with Gasteiger partial charge in [-0.15, -0.1) is 0 Å². The summed E-state index contributed by atoms with van der Waals surface area (Å²) >= 11 is 0. The lowest BCUT2D eigenvalue weighted by atomic mass is 10.0. The van der Waals surface area contributed by atoms with Gasteiger partial charge in [0.05, 0.1) is 33.8 Å². The molecule has 3 atom stereocenters. The highest BCUT2D eigenvalue weighted by Crippen LogP contribution is 2.38. The van der Waals surface area contributed by atoms with E-state index in [4.69, 9.17) is 13.8 Å². The summed E-state index contributed by atoms with van der Waals surface area (Å²) in [4.78, 5) is 40.1. The van der Waals surface area contributed by atoms with Crippen LogP contribution in [0.2, 0.25) is 0 Å². The van der Waals surface area contributed by atoms with Gasteiger partial charge in [0.25, 0.3) is 7.82 Å². The van der Waals surface area contributed by atoms with Crippen LogP contribution in [0, 0.1) is 0 Å². The molecule has 0 rings (SSSR count). The van der Waals surface area contributed by atoms with Crippen molar-refractivity contribution >= 4 is 19.7 Å². The molecule has 1 amide bonds. The summed E-state index contributed by atoms with van der Waals surface area (Å²) in [6.45, 7) is 6.86. The highest BCUT2D eigenvalue weighted by atomic mass is 31.2. The van der Waals surface area contributed by atoms with Gasteiger partial charge in [-0.25, -0.2) is 0 Å². The number of rotatable bonds is 63. The van der Waals surface area contributed by atoms with Crippen LogP contribution in [0.5, 0.6) is 0 Å². The van der Waals surface area contributed by atoms with Gasteiger partial charge in [0, 0.05) is 12.8 Å². The van der Waals surface area contributed by atoms with Crippen LogP contribution in [0.1, 0.15) is 335 Å². The molecule has 0 aromatic carbocycles. The van der Waals surface area contributed by atoms with Crippen LogP contribution >= 0.6 is 7.82 Å². The minimum Gasteiger partial charge on any atom is -0.756 e. The molecule has 10 heteroatoms. The first-order valence-electron chi connectivity index (χ1n) is 34.4. The summed E-state index contributed by atoms with van der Waals surface area (Å²) < 4.78 is 30.4. The molecule has 0 aromatic heterocycles. The molecule has 0 bridgehead atoms. The third kappa shape index (κ3) is 60.6. The maximum absolute atomic E-state index is 13.5. The molecule has 80 heavy (non-hydrogen) atoms. The number of phosphoric ester groups is 1. The predicted octanol–water partition coefficient (Wildman–Crippen LogP) is 21.0. The number of hydrogen-bond acceptors (Lipinski definition) is 7. The molecule has 0 saturated heterocycles. The summed E-state index contributed by atoms with van der Waals surface area (Å²) in [6, 6.07) is -0.885. The molecule has 0 fully saturated rings. The maximum Gasteiger partial charge on any atom is 0.306 e. The summed E-state index contributed by atoms with van der Waals surface area (Å²) in [5.41, 5.74) is 0. The van der Waals surface area contributed by atoms with Gasteiger partial charge in [0.2, 0.25) is 5.91 Å². The number of allylic oxidation sites excluding steroid dienone is 7. The number of ether oxygens (including phenoxy) is 1. The zero-order valence-electron chi connectivity index (χ0n) is 53.8. The smallest absolute Gasteiger partial charge is 0.306 e. The lowest BCUT2D eigenvalue weighted by Gasteiger charge is -2.30. The quantitative estimate of drug-likeness (QED) is 0.0212. The van der Waals surface area contributed by atoms with E-state index in [1.54, 1.807) is 0 Å². The van der Waals surface area contributed by atoms with Gasteiger partial charge in [0.15, 0.2) is 0 Å². The van der Waals surface area contributed by atoms with E-state index >= 15 is 0 Å². The van der Waals surface area contributed by atoms with Gasteiger partial charge in [-0.3, -0.25) is 14.2 Å². The van der Waals surface area contributed by atoms with E-state index in [2.05, 4.69) is 62.5 Å². The summed E-state index contributed by atoms with van der Waals surface area (Å²) in [6.07, 6.45) is 75.1. The van der Waals surface area contributed by atoms with Gasteiger partial charge < -0.3 is 28.5 Å². The van der Waals surface area contributed by atoms with E-state index in [1.807, 2.05) is 33.3 Å². The highest BCUT2D eigenvalue weighted by Gasteiger charge is 2.27. The number of nitrogens with zero attached hydrogens (tertiary/aromatic N) is 1. The fourth-order valence-corrected chi connectivity index (χ4v) is 10.9. The molecule has 0 heterocycles. The first-order chi connectivity index (χ1) is 38.9. The molecule has 0 saturated carbocycles. The highest BCUT2D eigenvalue weighted by molar-refractivity contribution is 7.45. The average molecular weight is 1150 g/mol. The Morgan fingerprint density at radius 3 is 1.16 bits per heavy atom. The monoisotopic (exact) mass is 1140 g/mol. The molecule has 0 aliphatic carbocycles. The van der Waals surface area contributed by atoms with E-state index in [-0.39, 0.29) is 31.5 Å². The van der Waals surface area contributed by atoms with Gasteiger partial charge in [-0.2, -0.15) is 0 Å². The molecule has 3 unspecified atom stereocenters. The number of quaternary nitrogens is 1. The second-order valence-corrected chi connectivity index (χ2v) is 26.1. The van der Waals surface area contributed by atoms with Crippen molar-refractivity contribution in [3.05, 3.63) is 48.6 Å². The Morgan fingerprint density at radius 2 is 0.762 bits per heavy atom. The van der Waals surface area contributed by atoms with Crippen molar-refractivity contribution in [2.45, 2.75) is 348 Å². The first-order valence-corrected chi connectivity index (χ1v) is 35.9. The third-order valence-corrected chi connectivity index (χ3v) is 16.5. The molecule has 0 spiro atoms. The van der Waals surface area contributed by atoms with Crippen LogP contribution in [0.25, 0.3) is 0 Å². The van der Waals surface area contributed by atoms with Crippen molar-refractivity contribution in [1.82, 2.24) is 5.32 Å². The Kier molecular flexibility index (Phi) is 58.6. The third-order valence-electron chi connectivity index (χ3n) is 15.5. The molecule has 0 aliphatic rings. The maximum atomic E-state index is 13.5. The average Bonchev–Trinajstić information content (AvgIpc) is 3.43. The van der Waals surface area contributed by atoms with Gasteiger partial charge >= 0.3 is 5.97 Å². The molecule has 0 aromatic rings. The zero-order valence-corrected chi connectivity index (χ0v) is 54.7. The predicted molar refractivity (Wildman–Crippen MR) is 344 cm³/mol. The van der Waals surface area contributed by atoms with Crippen molar-refractivity contribution in [2.75, 3.05) is 40.9 Å². The van der Waals surface area contributed by atoms with Crippen LogP contribution in [0.3, 0.4) is 0 Å². The van der Waals surface area contributed by atoms with Crippen LogP contribution in [-0.4, -0.2) is 69.4 Å². The molecule has 470 valence electrons. The van der Waals surface area contributed by atoms with E-state index in [9.17, 15) is 19.0 Å². The standard InChI is InChI=1S/C70H133N2O7P/c1-7-10-13-16-19-22-25-28-30-31-32-33-34-35-36-37-38-39-40-41-43-45-48-51-54-57-60-63-70(74)79-68(61-58-55-52-49-46-27-24-21-18-15-12-9-3)67(66-78-80(75,76)77-65-64-72(4,5)6)71-69(73)62-59-56-53-50-47-44-42-29-26-23-20-17-14-11-8-2/h19,22,28,30,32-33,58,61,67-68H,7-18,20-21,23-27,29,31,34-57,59-60,62-66H2,1-6H3,(H-,71,73,75,76)/b22-19-,30-28-,33-32-,61-58-. The molecule has 9 nitrogen and oxygen atoms in total. The minimum absolute atomic E-state index is 0.0201. The normalized spacial score (nSPS) is 13.8. The zero-order chi connectivity index (χ0) is 58.6. The summed E-state index contributed by atoms with van der Waals surface area (Å²) in [5.74, 6) is -0.526. The number of carbonyl (C=O) groups excluding carboxylic acids is 2. The Labute approximate surface area is 497 Å². The van der Waals surface area contributed by atoms with Crippen LogP contribution < -0.4 is 10.2 Å². The molecular weight excluding hydrogens is 1010 g/mol. The van der Waals surface area contributed by atoms with Gasteiger partial charge in [-0.05, 0) is 70.3 Å². The van der Waals surface area contributed by atoms with Crippen molar-refractivity contribution in [1.29, 1.82) is 0 Å². The van der Waals surface area contributed by atoms with Crippen LogP contribution in [0.4, 0.5) is 0 Å². The number of unbranched alkanes of at least 4 members (excludes halogenated alkanes) is 41. The van der Waals surface area contributed by atoms with Crippen LogP contribution in [-0.2, 0) is 27.9 Å². The van der Waals surface area contributed by atoms with E-state index in [0.717, 1.165) is 70.6 Å². The summed E-state index contributed by atoms with van der Waals surface area (Å²) in [5, 5.41) is 3.04. The van der Waals surface area contributed by atoms with Gasteiger partial charge in [-0.1, -0.05) is 301 Å². The SMILES string of the molecule is CCCCC/C=C\C/C=C\C/C=C\CCCCCCCCCCCCCCCCC(=O)OC(/C=C\CCCCCCCCCCCC)C(COP(=O)([O-])OCC[N+](C)(C)C)NC(=O)CCCCCCCCCCCCCCCCC. The molecule has 0 aliphatic heterocycles. The van der Waals surface area contributed by atoms with Crippen molar-refractivity contribution in [3.63, 3.8) is 0 Å². The lowest BCUT2D eigenvalue weighted by Crippen LogP contribution is -2.47.